The minimum Gasteiger partial charge on any atom is -0.379 e. The Balaban J connectivity index is 2.10. The van der Waals surface area contributed by atoms with Crippen LogP contribution in [0.1, 0.15) is 25.3 Å². The highest BCUT2D eigenvalue weighted by Crippen LogP contribution is 2.23. The fourth-order valence-corrected chi connectivity index (χ4v) is 2.43. The number of anilines is 1. The second-order valence-electron chi connectivity index (χ2n) is 4.29. The van der Waals surface area contributed by atoms with E-state index < -0.39 is 0 Å². The molecule has 0 spiro atoms. The number of hydrogen-bond donors (Lipinski definition) is 1. The number of halogens is 1. The maximum atomic E-state index is 9.08. The molecular weight excluding hydrogens is 280 g/mol. The van der Waals surface area contributed by atoms with Gasteiger partial charge in [-0.05, 0) is 38.0 Å². The second-order valence-corrected chi connectivity index (χ2v) is 5.20. The zero-order chi connectivity index (χ0) is 12.3. The van der Waals surface area contributed by atoms with E-state index in [1.807, 2.05) is 18.2 Å². The molecule has 0 amide bonds. The van der Waals surface area contributed by atoms with Crippen molar-refractivity contribution in [2.75, 3.05) is 11.9 Å². The number of ether oxygens (including phenoxy) is 1. The van der Waals surface area contributed by atoms with Gasteiger partial charge >= 0.3 is 0 Å². The number of hydrogen-bond acceptors (Lipinski definition) is 3. The van der Waals surface area contributed by atoms with Gasteiger partial charge in [-0.1, -0.05) is 15.9 Å². The fraction of sp³-hybridized carbons (Fsp3) is 0.462. The summed E-state index contributed by atoms with van der Waals surface area (Å²) >= 11 is 3.37. The Bertz CT molecular complexity index is 436. The molecule has 1 fully saturated rings. The zero-order valence-corrected chi connectivity index (χ0v) is 11.3. The van der Waals surface area contributed by atoms with Crippen molar-refractivity contribution < 1.29 is 4.74 Å². The van der Waals surface area contributed by atoms with Crippen LogP contribution in [0, 0.1) is 11.3 Å². The first kappa shape index (κ1) is 12.4. The molecule has 0 bridgehead atoms. The molecule has 1 aliphatic heterocycles. The van der Waals surface area contributed by atoms with E-state index in [4.69, 9.17) is 10.00 Å². The molecule has 2 atom stereocenters. The van der Waals surface area contributed by atoms with Crippen molar-refractivity contribution >= 4 is 21.6 Å². The van der Waals surface area contributed by atoms with E-state index in [0.29, 0.717) is 5.56 Å². The van der Waals surface area contributed by atoms with E-state index in [9.17, 15) is 0 Å². The molecule has 1 saturated heterocycles. The average molecular weight is 295 g/mol. The van der Waals surface area contributed by atoms with Gasteiger partial charge in [0.15, 0.2) is 0 Å². The van der Waals surface area contributed by atoms with Gasteiger partial charge in [0.05, 0.1) is 17.4 Å². The Morgan fingerprint density at radius 1 is 1.59 bits per heavy atom. The maximum absolute atomic E-state index is 9.08. The van der Waals surface area contributed by atoms with Crippen LogP contribution in [0.2, 0.25) is 0 Å². The average Bonchev–Trinajstić information content (AvgIpc) is 2.85. The molecule has 0 aliphatic carbocycles. The SMILES string of the molecule is CC(Nc1ccc(Br)cc1C#N)C1CCCO1. The summed E-state index contributed by atoms with van der Waals surface area (Å²) in [6.45, 7) is 2.95. The van der Waals surface area contributed by atoms with Gasteiger partial charge in [0.25, 0.3) is 0 Å². The van der Waals surface area contributed by atoms with Crippen molar-refractivity contribution in [1.29, 1.82) is 5.26 Å². The van der Waals surface area contributed by atoms with E-state index in [-0.39, 0.29) is 12.1 Å². The van der Waals surface area contributed by atoms with Gasteiger partial charge in [0.2, 0.25) is 0 Å². The molecule has 0 radical (unpaired) electrons. The molecule has 1 heterocycles. The lowest BCUT2D eigenvalue weighted by Crippen LogP contribution is -2.30. The zero-order valence-electron chi connectivity index (χ0n) is 9.74. The van der Waals surface area contributed by atoms with E-state index >= 15 is 0 Å². The number of nitrogens with zero attached hydrogens (tertiary/aromatic N) is 1. The second kappa shape index (κ2) is 5.52. The third kappa shape index (κ3) is 2.99. The van der Waals surface area contributed by atoms with Crippen LogP contribution >= 0.6 is 15.9 Å². The van der Waals surface area contributed by atoms with Crippen LogP contribution in [0.15, 0.2) is 22.7 Å². The van der Waals surface area contributed by atoms with Crippen molar-refractivity contribution in [3.05, 3.63) is 28.2 Å². The van der Waals surface area contributed by atoms with Crippen LogP contribution in [0.4, 0.5) is 5.69 Å². The third-order valence-corrected chi connectivity index (χ3v) is 3.50. The predicted molar refractivity (Wildman–Crippen MR) is 70.9 cm³/mol. The van der Waals surface area contributed by atoms with Crippen molar-refractivity contribution in [2.24, 2.45) is 0 Å². The first-order valence-corrected chi connectivity index (χ1v) is 6.58. The summed E-state index contributed by atoms with van der Waals surface area (Å²) in [5.74, 6) is 0. The maximum Gasteiger partial charge on any atom is 0.101 e. The summed E-state index contributed by atoms with van der Waals surface area (Å²) in [7, 11) is 0. The molecule has 0 aromatic heterocycles. The van der Waals surface area contributed by atoms with Gasteiger partial charge in [0, 0.05) is 17.1 Å². The summed E-state index contributed by atoms with van der Waals surface area (Å²) in [5, 5.41) is 12.4. The van der Waals surface area contributed by atoms with E-state index in [2.05, 4.69) is 34.2 Å². The Kier molecular flexibility index (Phi) is 4.03. The minimum atomic E-state index is 0.228. The largest absolute Gasteiger partial charge is 0.379 e. The molecule has 1 aromatic rings. The molecule has 90 valence electrons. The topological polar surface area (TPSA) is 45.0 Å². The molecule has 1 aromatic carbocycles. The highest BCUT2D eigenvalue weighted by Gasteiger charge is 2.22. The number of nitriles is 1. The highest BCUT2D eigenvalue weighted by molar-refractivity contribution is 9.10. The number of rotatable bonds is 3. The van der Waals surface area contributed by atoms with E-state index in [1.165, 1.54) is 0 Å². The van der Waals surface area contributed by atoms with Gasteiger partial charge in [-0.15, -0.1) is 0 Å². The summed E-state index contributed by atoms with van der Waals surface area (Å²) in [6, 6.07) is 8.11. The first-order chi connectivity index (χ1) is 8.20. The van der Waals surface area contributed by atoms with Crippen molar-refractivity contribution in [3.8, 4) is 6.07 Å². The first-order valence-electron chi connectivity index (χ1n) is 5.78. The molecule has 3 nitrogen and oxygen atoms in total. The molecular formula is C13H15BrN2O. The molecule has 0 saturated carbocycles. The lowest BCUT2D eigenvalue weighted by atomic mass is 10.1. The molecule has 1 aliphatic rings. The molecule has 17 heavy (non-hydrogen) atoms. The van der Waals surface area contributed by atoms with Crippen LogP contribution < -0.4 is 5.32 Å². The van der Waals surface area contributed by atoms with Crippen LogP contribution in [-0.4, -0.2) is 18.8 Å². The quantitative estimate of drug-likeness (QED) is 0.930. The Labute approximate surface area is 110 Å². The summed E-state index contributed by atoms with van der Waals surface area (Å²) in [5.41, 5.74) is 1.53. The Hall–Kier alpha value is -1.05. The minimum absolute atomic E-state index is 0.228. The van der Waals surface area contributed by atoms with E-state index in [1.54, 1.807) is 0 Å². The van der Waals surface area contributed by atoms with Crippen molar-refractivity contribution in [1.82, 2.24) is 0 Å². The molecule has 4 heteroatoms. The Morgan fingerprint density at radius 2 is 2.41 bits per heavy atom. The number of benzene rings is 1. The predicted octanol–water partition coefficient (Wildman–Crippen LogP) is 3.30. The van der Waals surface area contributed by atoms with Crippen LogP contribution in [0.5, 0.6) is 0 Å². The highest BCUT2D eigenvalue weighted by atomic mass is 79.9. The van der Waals surface area contributed by atoms with Gasteiger partial charge in [-0.2, -0.15) is 5.26 Å². The summed E-state index contributed by atoms with van der Waals surface area (Å²) in [4.78, 5) is 0. The molecule has 1 N–H and O–H groups in total. The summed E-state index contributed by atoms with van der Waals surface area (Å²) < 4.78 is 6.55. The van der Waals surface area contributed by atoms with Gasteiger partial charge < -0.3 is 10.1 Å². The van der Waals surface area contributed by atoms with Crippen molar-refractivity contribution in [3.63, 3.8) is 0 Å². The normalized spacial score (nSPS) is 20.9. The molecule has 2 rings (SSSR count). The third-order valence-electron chi connectivity index (χ3n) is 3.01. The van der Waals surface area contributed by atoms with Gasteiger partial charge in [0.1, 0.15) is 6.07 Å². The monoisotopic (exact) mass is 294 g/mol. The Morgan fingerprint density at radius 3 is 3.06 bits per heavy atom. The number of nitrogens with one attached hydrogen (secondary N) is 1. The van der Waals surface area contributed by atoms with Crippen molar-refractivity contribution in [2.45, 2.75) is 31.9 Å². The lowest BCUT2D eigenvalue weighted by molar-refractivity contribution is 0.0996. The summed E-state index contributed by atoms with van der Waals surface area (Å²) in [6.07, 6.45) is 2.47. The molecule has 2 unspecified atom stereocenters. The van der Waals surface area contributed by atoms with Gasteiger partial charge in [-0.25, -0.2) is 0 Å². The smallest absolute Gasteiger partial charge is 0.101 e. The van der Waals surface area contributed by atoms with E-state index in [0.717, 1.165) is 29.6 Å². The standard InChI is InChI=1S/C13H15BrN2O/c1-9(13-3-2-6-17-13)16-12-5-4-11(14)7-10(12)8-15/h4-5,7,9,13,16H,2-3,6H2,1H3. The van der Waals surface area contributed by atoms with Crippen LogP contribution in [-0.2, 0) is 4.74 Å². The fourth-order valence-electron chi connectivity index (χ4n) is 2.07. The lowest BCUT2D eigenvalue weighted by Gasteiger charge is -2.21. The van der Waals surface area contributed by atoms with Crippen LogP contribution in [0.3, 0.4) is 0 Å². The van der Waals surface area contributed by atoms with Gasteiger partial charge in [-0.3, -0.25) is 0 Å². The van der Waals surface area contributed by atoms with Crippen LogP contribution in [0.25, 0.3) is 0 Å².